The largest absolute Gasteiger partial charge is 0.207 e. The molecule has 2 unspecified atom stereocenters. The predicted octanol–water partition coefficient (Wildman–Crippen LogP) is 5.22. The highest BCUT2D eigenvalue weighted by atomic mass is 79.9. The van der Waals surface area contributed by atoms with E-state index >= 15 is 0 Å². The molecule has 0 spiro atoms. The van der Waals surface area contributed by atoms with Gasteiger partial charge in [0.2, 0.25) is 0 Å². The van der Waals surface area contributed by atoms with Crippen molar-refractivity contribution in [1.29, 1.82) is 0 Å². The molecule has 0 aromatic heterocycles. The van der Waals surface area contributed by atoms with Crippen LogP contribution >= 0.6 is 27.5 Å². The van der Waals surface area contributed by atoms with Gasteiger partial charge in [0.1, 0.15) is 5.82 Å². The van der Waals surface area contributed by atoms with Crippen LogP contribution in [-0.2, 0) is 6.42 Å². The van der Waals surface area contributed by atoms with Gasteiger partial charge in [0, 0.05) is 15.4 Å². The maximum Gasteiger partial charge on any atom is 0.127 e. The third-order valence-corrected chi connectivity index (χ3v) is 3.89. The van der Waals surface area contributed by atoms with Crippen molar-refractivity contribution in [2.45, 2.75) is 37.9 Å². The van der Waals surface area contributed by atoms with Crippen LogP contribution < -0.4 is 0 Å². The Hall–Kier alpha value is -0.0800. The van der Waals surface area contributed by atoms with E-state index in [1.54, 1.807) is 12.1 Å². The van der Waals surface area contributed by atoms with Gasteiger partial charge in [-0.3, -0.25) is 0 Å². The fraction of sp³-hybridized carbons (Fsp3) is 0.538. The molecule has 1 rings (SSSR count). The van der Waals surface area contributed by atoms with Crippen molar-refractivity contribution in [3.63, 3.8) is 0 Å². The second kappa shape index (κ2) is 6.61. The Morgan fingerprint density at radius 3 is 2.69 bits per heavy atom. The maximum absolute atomic E-state index is 13.5. The maximum atomic E-state index is 13.5. The second-order valence-corrected chi connectivity index (χ2v) is 5.95. The molecule has 0 saturated carbocycles. The summed E-state index contributed by atoms with van der Waals surface area (Å²) < 4.78 is 13.5. The van der Waals surface area contributed by atoms with Gasteiger partial charge < -0.3 is 0 Å². The molecule has 0 bridgehead atoms. The zero-order valence-electron chi connectivity index (χ0n) is 9.64. The predicted molar refractivity (Wildman–Crippen MR) is 71.9 cm³/mol. The van der Waals surface area contributed by atoms with Crippen LogP contribution in [0.5, 0.6) is 0 Å². The topological polar surface area (TPSA) is 0 Å². The first kappa shape index (κ1) is 14.0. The van der Waals surface area contributed by atoms with E-state index in [2.05, 4.69) is 29.8 Å². The van der Waals surface area contributed by atoms with Gasteiger partial charge in [-0.25, -0.2) is 4.39 Å². The van der Waals surface area contributed by atoms with Gasteiger partial charge in [0.05, 0.1) is 0 Å². The highest BCUT2D eigenvalue weighted by Gasteiger charge is 2.14. The summed E-state index contributed by atoms with van der Waals surface area (Å²) in [6.07, 6.45) is 2.84. The first-order valence-corrected chi connectivity index (χ1v) is 6.90. The number of benzene rings is 1. The molecule has 1 aromatic rings. The molecule has 2 atom stereocenters. The van der Waals surface area contributed by atoms with Crippen LogP contribution in [0.4, 0.5) is 4.39 Å². The number of halogens is 3. The average Bonchev–Trinajstić information content (AvgIpc) is 2.23. The standard InChI is InChI=1S/C13H17BrClF/c1-3-9(2)7-10(14)8-11-12(15)5-4-6-13(11)16/h4-6,9-10H,3,7-8H2,1-2H3. The Labute approximate surface area is 110 Å². The molecule has 0 N–H and O–H groups in total. The van der Waals surface area contributed by atoms with Crippen molar-refractivity contribution in [3.8, 4) is 0 Å². The molecule has 1 aromatic carbocycles. The minimum absolute atomic E-state index is 0.207. The number of alkyl halides is 1. The molecule has 16 heavy (non-hydrogen) atoms. The minimum atomic E-state index is -0.207. The Morgan fingerprint density at radius 2 is 2.12 bits per heavy atom. The van der Waals surface area contributed by atoms with Crippen molar-refractivity contribution in [2.24, 2.45) is 5.92 Å². The molecule has 0 aliphatic heterocycles. The van der Waals surface area contributed by atoms with Gasteiger partial charge in [0.25, 0.3) is 0 Å². The number of hydrogen-bond acceptors (Lipinski definition) is 0. The number of hydrogen-bond donors (Lipinski definition) is 0. The first-order chi connectivity index (χ1) is 7.54. The lowest BCUT2D eigenvalue weighted by molar-refractivity contribution is 0.502. The molecule has 90 valence electrons. The third-order valence-electron chi connectivity index (χ3n) is 2.84. The molecular weight excluding hydrogens is 290 g/mol. The molecule has 0 fully saturated rings. The fourth-order valence-corrected chi connectivity index (χ4v) is 2.84. The molecular formula is C13H17BrClF. The fourth-order valence-electron chi connectivity index (χ4n) is 1.64. The quantitative estimate of drug-likeness (QED) is 0.654. The van der Waals surface area contributed by atoms with E-state index in [0.717, 1.165) is 12.8 Å². The Kier molecular flexibility index (Phi) is 5.77. The van der Waals surface area contributed by atoms with Crippen molar-refractivity contribution < 1.29 is 4.39 Å². The van der Waals surface area contributed by atoms with Gasteiger partial charge >= 0.3 is 0 Å². The monoisotopic (exact) mass is 306 g/mol. The summed E-state index contributed by atoms with van der Waals surface area (Å²) in [5.74, 6) is 0.441. The van der Waals surface area contributed by atoms with Gasteiger partial charge in [-0.15, -0.1) is 0 Å². The molecule has 3 heteroatoms. The van der Waals surface area contributed by atoms with Crippen LogP contribution in [0.25, 0.3) is 0 Å². The summed E-state index contributed by atoms with van der Waals surface area (Å²) in [4.78, 5) is 0.289. The number of rotatable bonds is 5. The van der Waals surface area contributed by atoms with Gasteiger partial charge in [0.15, 0.2) is 0 Å². The van der Waals surface area contributed by atoms with Crippen molar-refractivity contribution in [3.05, 3.63) is 34.6 Å². The van der Waals surface area contributed by atoms with E-state index in [1.807, 2.05) is 0 Å². The summed E-state index contributed by atoms with van der Waals surface area (Å²) in [6, 6.07) is 4.84. The molecule has 0 aliphatic rings. The van der Waals surface area contributed by atoms with E-state index in [1.165, 1.54) is 6.07 Å². The van der Waals surface area contributed by atoms with Crippen LogP contribution in [0.1, 0.15) is 32.3 Å². The normalized spacial score (nSPS) is 14.8. The highest BCUT2D eigenvalue weighted by molar-refractivity contribution is 9.09. The Bertz CT molecular complexity index is 320. The third kappa shape index (κ3) is 4.06. The van der Waals surface area contributed by atoms with E-state index in [0.29, 0.717) is 22.9 Å². The average molecular weight is 308 g/mol. The lowest BCUT2D eigenvalue weighted by atomic mass is 9.99. The van der Waals surface area contributed by atoms with Gasteiger partial charge in [-0.2, -0.15) is 0 Å². The summed E-state index contributed by atoms with van der Waals surface area (Å²) in [5, 5.41) is 0.522. The van der Waals surface area contributed by atoms with Crippen LogP contribution in [0.3, 0.4) is 0 Å². The zero-order chi connectivity index (χ0) is 12.1. The summed E-state index contributed by atoms with van der Waals surface area (Å²) in [5.41, 5.74) is 0.620. The van der Waals surface area contributed by atoms with E-state index in [-0.39, 0.29) is 10.6 Å². The zero-order valence-corrected chi connectivity index (χ0v) is 12.0. The van der Waals surface area contributed by atoms with E-state index in [9.17, 15) is 4.39 Å². The van der Waals surface area contributed by atoms with E-state index < -0.39 is 0 Å². The van der Waals surface area contributed by atoms with E-state index in [4.69, 9.17) is 11.6 Å². The smallest absolute Gasteiger partial charge is 0.127 e. The first-order valence-electron chi connectivity index (χ1n) is 5.61. The second-order valence-electron chi connectivity index (χ2n) is 4.25. The van der Waals surface area contributed by atoms with Crippen LogP contribution in [-0.4, -0.2) is 4.83 Å². The van der Waals surface area contributed by atoms with Crippen LogP contribution in [0, 0.1) is 11.7 Å². The van der Waals surface area contributed by atoms with Crippen LogP contribution in [0.15, 0.2) is 18.2 Å². The van der Waals surface area contributed by atoms with Gasteiger partial charge in [-0.1, -0.05) is 53.9 Å². The van der Waals surface area contributed by atoms with Gasteiger partial charge in [-0.05, 0) is 30.9 Å². The summed E-state index contributed by atoms with van der Waals surface area (Å²) in [6.45, 7) is 4.37. The lowest BCUT2D eigenvalue weighted by Gasteiger charge is -2.15. The molecule has 0 saturated heterocycles. The molecule has 0 radical (unpaired) electrons. The molecule has 0 heterocycles. The van der Waals surface area contributed by atoms with Crippen LogP contribution in [0.2, 0.25) is 5.02 Å². The molecule has 0 amide bonds. The Morgan fingerprint density at radius 1 is 1.44 bits per heavy atom. The SMILES string of the molecule is CCC(C)CC(Br)Cc1c(F)cccc1Cl. The van der Waals surface area contributed by atoms with Crippen molar-refractivity contribution in [2.75, 3.05) is 0 Å². The molecule has 0 nitrogen and oxygen atoms in total. The summed E-state index contributed by atoms with van der Waals surface area (Å²) in [7, 11) is 0. The highest BCUT2D eigenvalue weighted by Crippen LogP contribution is 2.25. The molecule has 0 aliphatic carbocycles. The summed E-state index contributed by atoms with van der Waals surface area (Å²) >= 11 is 9.58. The Balaban J connectivity index is 2.66. The van der Waals surface area contributed by atoms with Crippen molar-refractivity contribution in [1.82, 2.24) is 0 Å². The van der Waals surface area contributed by atoms with Crippen molar-refractivity contribution >= 4 is 27.5 Å². The lowest BCUT2D eigenvalue weighted by Crippen LogP contribution is -2.09. The minimum Gasteiger partial charge on any atom is -0.207 e.